The first-order chi connectivity index (χ1) is 16.4. The monoisotopic (exact) mass is 462 g/mol. The summed E-state index contributed by atoms with van der Waals surface area (Å²) in [5, 5.41) is 3.01. The quantitative estimate of drug-likeness (QED) is 0.634. The average molecular weight is 463 g/mol. The Morgan fingerprint density at radius 1 is 1.24 bits per heavy atom. The van der Waals surface area contributed by atoms with Crippen LogP contribution in [0.3, 0.4) is 0 Å². The van der Waals surface area contributed by atoms with E-state index in [1.807, 2.05) is 38.1 Å². The van der Waals surface area contributed by atoms with Gasteiger partial charge in [0.2, 0.25) is 5.91 Å². The molecule has 5 rings (SSSR count). The molecule has 2 aromatic carbocycles. The molecule has 1 fully saturated rings. The molecule has 1 unspecified atom stereocenters. The molecule has 1 amide bonds. The van der Waals surface area contributed by atoms with Crippen LogP contribution in [0.4, 0.5) is 10.1 Å². The smallest absolute Gasteiger partial charge is 0.236 e. The molecular formula is C28H31FN2O3. The van der Waals surface area contributed by atoms with Gasteiger partial charge in [0.15, 0.2) is 0 Å². The molecule has 178 valence electrons. The molecule has 5 nitrogen and oxygen atoms in total. The van der Waals surface area contributed by atoms with Gasteiger partial charge in [-0.15, -0.1) is 0 Å². The summed E-state index contributed by atoms with van der Waals surface area (Å²) in [6, 6.07) is 12.5. The van der Waals surface area contributed by atoms with Gasteiger partial charge < -0.3 is 19.7 Å². The Hall–Kier alpha value is -3.15. The number of hydrogen-bond donors (Lipinski definition) is 1. The van der Waals surface area contributed by atoms with Gasteiger partial charge in [0.1, 0.15) is 24.0 Å². The van der Waals surface area contributed by atoms with E-state index in [-0.39, 0.29) is 11.8 Å². The van der Waals surface area contributed by atoms with Gasteiger partial charge >= 0.3 is 0 Å². The summed E-state index contributed by atoms with van der Waals surface area (Å²) < 4.78 is 20.7. The number of halogens is 1. The van der Waals surface area contributed by atoms with Gasteiger partial charge in [0, 0.05) is 24.2 Å². The van der Waals surface area contributed by atoms with Crippen molar-refractivity contribution in [3.63, 3.8) is 0 Å². The standard InChI is InChI=1S/C28H31FN2O3/c1-17(12-14-31-13-6-7-18(31)2)28(23-15-20(29)10-11-24(23)30-27(28)33)26-21-8-4-5-9-25(21)34-19(3)22(26)16-32/h4-5,8-12,14-19,22,26H,6-7,13H2,1-3H3,(H,30,33)/b14-12-/t17?,18-,19-,22-,26-,28-/m1/s1. The number of hydrogen-bond acceptors (Lipinski definition) is 4. The number of carbonyl (C=O) groups excluding carboxylic acids is 2. The molecular weight excluding hydrogens is 431 g/mol. The Balaban J connectivity index is 1.73. The second kappa shape index (κ2) is 8.57. The summed E-state index contributed by atoms with van der Waals surface area (Å²) in [6.45, 7) is 7.04. The molecule has 3 heterocycles. The van der Waals surface area contributed by atoms with Crippen molar-refractivity contribution >= 4 is 17.9 Å². The van der Waals surface area contributed by atoms with E-state index in [2.05, 4.69) is 29.4 Å². The molecule has 6 heteroatoms. The fourth-order valence-corrected chi connectivity index (χ4v) is 6.27. The van der Waals surface area contributed by atoms with Crippen molar-refractivity contribution in [3.8, 4) is 5.75 Å². The van der Waals surface area contributed by atoms with Crippen LogP contribution in [0.5, 0.6) is 5.75 Å². The van der Waals surface area contributed by atoms with Crippen molar-refractivity contribution in [1.29, 1.82) is 0 Å². The Morgan fingerprint density at radius 3 is 2.76 bits per heavy atom. The summed E-state index contributed by atoms with van der Waals surface area (Å²) in [4.78, 5) is 28.8. The van der Waals surface area contributed by atoms with E-state index in [9.17, 15) is 14.0 Å². The molecule has 0 aromatic heterocycles. The van der Waals surface area contributed by atoms with E-state index in [0.717, 1.165) is 31.2 Å². The highest BCUT2D eigenvalue weighted by atomic mass is 19.1. The number of benzene rings is 2. The van der Waals surface area contributed by atoms with Gasteiger partial charge in [-0.1, -0.05) is 31.2 Å². The second-order valence-electron chi connectivity index (χ2n) is 9.92. The maximum absolute atomic E-state index is 14.6. The van der Waals surface area contributed by atoms with Crippen molar-refractivity contribution in [2.45, 2.75) is 57.1 Å². The predicted octanol–water partition coefficient (Wildman–Crippen LogP) is 5.03. The molecule has 3 aliphatic heterocycles. The van der Waals surface area contributed by atoms with Crippen molar-refractivity contribution < 1.29 is 18.7 Å². The third-order valence-corrected chi connectivity index (χ3v) is 8.08. The van der Waals surface area contributed by atoms with E-state index < -0.39 is 29.2 Å². The zero-order chi connectivity index (χ0) is 24.0. The highest BCUT2D eigenvalue weighted by Crippen LogP contribution is 2.58. The van der Waals surface area contributed by atoms with E-state index in [0.29, 0.717) is 23.0 Å². The molecule has 0 spiro atoms. The number of ether oxygens (including phenoxy) is 1. The molecule has 0 radical (unpaired) electrons. The van der Waals surface area contributed by atoms with Crippen LogP contribution in [0, 0.1) is 17.7 Å². The van der Waals surface area contributed by atoms with Crippen molar-refractivity contribution in [3.05, 3.63) is 71.7 Å². The maximum atomic E-state index is 14.6. The van der Waals surface area contributed by atoms with Gasteiger partial charge in [-0.2, -0.15) is 0 Å². The molecule has 34 heavy (non-hydrogen) atoms. The minimum Gasteiger partial charge on any atom is -0.490 e. The summed E-state index contributed by atoms with van der Waals surface area (Å²) in [6.07, 6.45) is 6.89. The third kappa shape index (κ3) is 3.34. The SMILES string of the molecule is CC(/C=C\N1CCC[C@H]1C)[C@@]1([C@@H]2c3ccccc3O[C@H](C)[C@H]2C=O)C(=O)Nc2ccc(F)cc21. The number of carbonyl (C=O) groups is 2. The number of nitrogens with zero attached hydrogens (tertiary/aromatic N) is 1. The van der Waals surface area contributed by atoms with Crippen molar-refractivity contribution in [1.82, 2.24) is 4.90 Å². The van der Waals surface area contributed by atoms with E-state index in [4.69, 9.17) is 4.74 Å². The van der Waals surface area contributed by atoms with E-state index >= 15 is 0 Å². The number of aldehydes is 1. The fraction of sp³-hybridized carbons (Fsp3) is 0.429. The predicted molar refractivity (Wildman–Crippen MR) is 129 cm³/mol. The average Bonchev–Trinajstić information content (AvgIpc) is 3.36. The van der Waals surface area contributed by atoms with Crippen LogP contribution in [-0.4, -0.2) is 35.8 Å². The molecule has 3 aliphatic rings. The van der Waals surface area contributed by atoms with Crippen molar-refractivity contribution in [2.24, 2.45) is 11.8 Å². The van der Waals surface area contributed by atoms with Gasteiger partial charge in [-0.05, 0) is 74.2 Å². The fourth-order valence-electron chi connectivity index (χ4n) is 6.27. The first-order valence-electron chi connectivity index (χ1n) is 12.1. The third-order valence-electron chi connectivity index (χ3n) is 8.08. The molecule has 6 atom stereocenters. The number of rotatable bonds is 5. The number of para-hydroxylation sites is 1. The van der Waals surface area contributed by atoms with Gasteiger partial charge in [0.25, 0.3) is 0 Å². The lowest BCUT2D eigenvalue weighted by Crippen LogP contribution is -2.52. The minimum atomic E-state index is -1.17. The lowest BCUT2D eigenvalue weighted by Gasteiger charge is -2.47. The molecule has 2 aromatic rings. The van der Waals surface area contributed by atoms with Crippen LogP contribution in [0.15, 0.2) is 54.7 Å². The van der Waals surface area contributed by atoms with Gasteiger partial charge in [-0.3, -0.25) is 4.79 Å². The number of likely N-dealkylation sites (tertiary alicyclic amines) is 1. The van der Waals surface area contributed by atoms with Crippen molar-refractivity contribution in [2.75, 3.05) is 11.9 Å². The topological polar surface area (TPSA) is 58.6 Å². The lowest BCUT2D eigenvalue weighted by molar-refractivity contribution is -0.126. The number of fused-ring (bicyclic) bond motifs is 2. The Morgan fingerprint density at radius 2 is 2.03 bits per heavy atom. The highest BCUT2D eigenvalue weighted by molar-refractivity contribution is 6.08. The first-order valence-corrected chi connectivity index (χ1v) is 12.1. The zero-order valence-corrected chi connectivity index (χ0v) is 19.8. The molecule has 0 saturated carbocycles. The number of allylic oxidation sites excluding steroid dienone is 1. The summed E-state index contributed by atoms with van der Waals surface area (Å²) in [5.74, 6) is -1.34. The molecule has 0 bridgehead atoms. The summed E-state index contributed by atoms with van der Waals surface area (Å²) in [7, 11) is 0. The highest BCUT2D eigenvalue weighted by Gasteiger charge is 2.60. The van der Waals surface area contributed by atoms with Crippen LogP contribution in [-0.2, 0) is 15.0 Å². The lowest BCUT2D eigenvalue weighted by atomic mass is 9.56. The van der Waals surface area contributed by atoms with Crippen LogP contribution in [0.2, 0.25) is 0 Å². The van der Waals surface area contributed by atoms with Crippen LogP contribution < -0.4 is 10.1 Å². The Kier molecular flexibility index (Phi) is 5.70. The summed E-state index contributed by atoms with van der Waals surface area (Å²) >= 11 is 0. The normalized spacial score (nSPS) is 31.1. The van der Waals surface area contributed by atoms with Gasteiger partial charge in [0.05, 0.1) is 11.3 Å². The largest absolute Gasteiger partial charge is 0.490 e. The molecule has 1 N–H and O–H groups in total. The molecule has 1 saturated heterocycles. The Bertz CT molecular complexity index is 1150. The van der Waals surface area contributed by atoms with Crippen LogP contribution in [0.25, 0.3) is 0 Å². The number of nitrogens with one attached hydrogen (secondary N) is 1. The first kappa shape index (κ1) is 22.6. The maximum Gasteiger partial charge on any atom is 0.236 e. The number of anilines is 1. The van der Waals surface area contributed by atoms with Crippen LogP contribution in [0.1, 0.15) is 50.7 Å². The number of amides is 1. The second-order valence-corrected chi connectivity index (χ2v) is 9.92. The summed E-state index contributed by atoms with van der Waals surface area (Å²) in [5.41, 5.74) is 0.837. The van der Waals surface area contributed by atoms with E-state index in [1.54, 1.807) is 6.07 Å². The van der Waals surface area contributed by atoms with Gasteiger partial charge in [-0.25, -0.2) is 4.39 Å². The zero-order valence-electron chi connectivity index (χ0n) is 19.8. The van der Waals surface area contributed by atoms with E-state index in [1.165, 1.54) is 12.1 Å². The Labute approximate surface area is 200 Å². The minimum absolute atomic E-state index is 0.208. The molecule has 0 aliphatic carbocycles. The van der Waals surface area contributed by atoms with Crippen LogP contribution >= 0.6 is 0 Å².